The molecule has 180 valence electrons. The van der Waals surface area contributed by atoms with Crippen LogP contribution in [0, 0.1) is 11.3 Å². The van der Waals surface area contributed by atoms with Crippen molar-refractivity contribution in [3.63, 3.8) is 0 Å². The monoisotopic (exact) mass is 477 g/mol. The van der Waals surface area contributed by atoms with Gasteiger partial charge in [-0.1, -0.05) is 60.7 Å². The summed E-state index contributed by atoms with van der Waals surface area (Å²) in [4.78, 5) is 24.9. The summed E-state index contributed by atoms with van der Waals surface area (Å²) in [6.07, 6.45) is 0. The average molecular weight is 478 g/mol. The van der Waals surface area contributed by atoms with E-state index < -0.39 is 5.56 Å². The van der Waals surface area contributed by atoms with Gasteiger partial charge in [-0.3, -0.25) is 14.7 Å². The van der Waals surface area contributed by atoms with Gasteiger partial charge in [0.25, 0.3) is 5.56 Å². The number of nitriles is 1. The molecule has 7 heteroatoms. The zero-order valence-corrected chi connectivity index (χ0v) is 20.1. The number of hydrogen-bond acceptors (Lipinski definition) is 6. The van der Waals surface area contributed by atoms with E-state index in [1.165, 1.54) is 11.1 Å². The number of aromatic nitrogens is 2. The molecule has 2 heterocycles. The van der Waals surface area contributed by atoms with Gasteiger partial charge in [0.2, 0.25) is 5.95 Å². The Morgan fingerprint density at radius 1 is 0.889 bits per heavy atom. The number of nitrogens with zero attached hydrogens (tertiary/aromatic N) is 4. The van der Waals surface area contributed by atoms with E-state index in [4.69, 9.17) is 9.72 Å². The molecule has 4 aromatic rings. The molecular weight excluding hydrogens is 450 g/mol. The lowest BCUT2D eigenvalue weighted by Gasteiger charge is -2.40. The largest absolute Gasteiger partial charge is 0.497 e. The van der Waals surface area contributed by atoms with Gasteiger partial charge >= 0.3 is 0 Å². The molecule has 1 aromatic heterocycles. The summed E-state index contributed by atoms with van der Waals surface area (Å²) >= 11 is 0. The van der Waals surface area contributed by atoms with E-state index in [1.807, 2.05) is 30.3 Å². The minimum Gasteiger partial charge on any atom is -0.497 e. The van der Waals surface area contributed by atoms with Crippen molar-refractivity contribution in [1.29, 1.82) is 5.26 Å². The molecule has 0 spiro atoms. The smallest absolute Gasteiger partial charge is 0.270 e. The van der Waals surface area contributed by atoms with Crippen molar-refractivity contribution < 1.29 is 4.74 Å². The van der Waals surface area contributed by atoms with Crippen LogP contribution in [0.1, 0.15) is 22.7 Å². The Morgan fingerprint density at radius 2 is 1.47 bits per heavy atom. The SMILES string of the molecule is COc1ccc(-c2nc(N3CCN(C(c4ccccc4)c4ccccc4)CC3)[nH]c(=O)c2C#N)cc1. The first-order valence-corrected chi connectivity index (χ1v) is 12.0. The Morgan fingerprint density at radius 3 is 2.00 bits per heavy atom. The molecule has 0 bridgehead atoms. The molecular formula is C29H27N5O2. The molecule has 1 aliphatic rings. The second kappa shape index (κ2) is 10.5. The third-order valence-electron chi connectivity index (χ3n) is 6.59. The molecule has 3 aromatic carbocycles. The zero-order valence-electron chi connectivity index (χ0n) is 20.1. The van der Waals surface area contributed by atoms with Crippen LogP contribution in [0.5, 0.6) is 5.75 Å². The highest BCUT2D eigenvalue weighted by Crippen LogP contribution is 2.30. The maximum absolute atomic E-state index is 12.8. The number of ether oxygens (including phenoxy) is 1. The van der Waals surface area contributed by atoms with Crippen LogP contribution in [-0.2, 0) is 0 Å². The van der Waals surface area contributed by atoms with Gasteiger partial charge < -0.3 is 9.64 Å². The highest BCUT2D eigenvalue weighted by molar-refractivity contribution is 5.67. The first-order chi connectivity index (χ1) is 17.7. The van der Waals surface area contributed by atoms with Crippen LogP contribution in [0.2, 0.25) is 0 Å². The standard InChI is InChI=1S/C29H27N5O2/c1-36-24-14-12-21(13-15-24)26-25(20-30)28(35)32-29(31-26)34-18-16-33(17-19-34)27(22-8-4-2-5-9-22)23-10-6-3-7-11-23/h2-15,27H,16-19H2,1H3,(H,31,32,35). The Bertz CT molecular complexity index is 1360. The van der Waals surface area contributed by atoms with Gasteiger partial charge in [0, 0.05) is 31.7 Å². The van der Waals surface area contributed by atoms with Crippen LogP contribution in [0.25, 0.3) is 11.3 Å². The lowest BCUT2D eigenvalue weighted by atomic mass is 9.96. The van der Waals surface area contributed by atoms with Crippen LogP contribution < -0.4 is 15.2 Å². The van der Waals surface area contributed by atoms with Crippen LogP contribution in [-0.4, -0.2) is 48.2 Å². The minimum atomic E-state index is -0.429. The van der Waals surface area contributed by atoms with Gasteiger partial charge in [0.1, 0.15) is 17.4 Å². The van der Waals surface area contributed by atoms with Gasteiger partial charge in [-0.2, -0.15) is 5.26 Å². The van der Waals surface area contributed by atoms with Crippen molar-refractivity contribution in [2.45, 2.75) is 6.04 Å². The summed E-state index contributed by atoms with van der Waals surface area (Å²) in [6, 6.07) is 30.5. The minimum absolute atomic E-state index is 0.00997. The van der Waals surface area contributed by atoms with Gasteiger partial charge in [-0.15, -0.1) is 0 Å². The van der Waals surface area contributed by atoms with E-state index in [2.05, 4.69) is 63.3 Å². The fourth-order valence-electron chi connectivity index (χ4n) is 4.75. The van der Waals surface area contributed by atoms with Crippen molar-refractivity contribution in [2.24, 2.45) is 0 Å². The quantitative estimate of drug-likeness (QED) is 0.447. The first-order valence-electron chi connectivity index (χ1n) is 12.0. The molecule has 1 saturated heterocycles. The number of piperazine rings is 1. The Labute approximate surface area is 210 Å². The number of rotatable bonds is 6. The summed E-state index contributed by atoms with van der Waals surface area (Å²) in [6.45, 7) is 3.01. The molecule has 7 nitrogen and oxygen atoms in total. The highest BCUT2D eigenvalue weighted by Gasteiger charge is 2.28. The maximum atomic E-state index is 12.8. The summed E-state index contributed by atoms with van der Waals surface area (Å²) in [5, 5.41) is 9.62. The maximum Gasteiger partial charge on any atom is 0.270 e. The predicted octanol–water partition coefficient (Wildman–Crippen LogP) is 4.23. The van der Waals surface area contributed by atoms with E-state index in [0.29, 0.717) is 36.0 Å². The summed E-state index contributed by atoms with van der Waals surface area (Å²) in [7, 11) is 1.60. The molecule has 0 atom stereocenters. The lowest BCUT2D eigenvalue weighted by Crippen LogP contribution is -2.48. The second-order valence-corrected chi connectivity index (χ2v) is 8.70. The van der Waals surface area contributed by atoms with Crippen molar-refractivity contribution in [3.8, 4) is 23.1 Å². The van der Waals surface area contributed by atoms with Gasteiger partial charge in [0.15, 0.2) is 0 Å². The lowest BCUT2D eigenvalue weighted by molar-refractivity contribution is 0.211. The molecule has 1 aliphatic heterocycles. The topological polar surface area (TPSA) is 85.2 Å². The fraction of sp³-hybridized carbons (Fsp3) is 0.207. The molecule has 0 unspecified atom stereocenters. The average Bonchev–Trinajstić information content (AvgIpc) is 2.94. The molecule has 0 aliphatic carbocycles. The molecule has 1 N–H and O–H groups in total. The van der Waals surface area contributed by atoms with E-state index in [1.54, 1.807) is 19.2 Å². The number of hydrogen-bond donors (Lipinski definition) is 1. The predicted molar refractivity (Wildman–Crippen MR) is 140 cm³/mol. The van der Waals surface area contributed by atoms with Crippen LogP contribution in [0.4, 0.5) is 5.95 Å². The summed E-state index contributed by atoms with van der Waals surface area (Å²) < 4.78 is 5.23. The summed E-state index contributed by atoms with van der Waals surface area (Å²) in [5.41, 5.74) is 3.17. The highest BCUT2D eigenvalue weighted by atomic mass is 16.5. The van der Waals surface area contributed by atoms with Crippen LogP contribution in [0.3, 0.4) is 0 Å². The van der Waals surface area contributed by atoms with E-state index in [9.17, 15) is 10.1 Å². The molecule has 0 radical (unpaired) electrons. The number of anilines is 1. The number of aromatic amines is 1. The Kier molecular flexibility index (Phi) is 6.78. The normalized spacial score (nSPS) is 14.0. The molecule has 0 saturated carbocycles. The van der Waals surface area contributed by atoms with Crippen molar-refractivity contribution >= 4 is 5.95 Å². The third-order valence-corrected chi connectivity index (χ3v) is 6.59. The number of benzene rings is 3. The van der Waals surface area contributed by atoms with Crippen molar-refractivity contribution in [3.05, 3.63) is 112 Å². The molecule has 0 amide bonds. The molecule has 5 rings (SSSR count). The fourth-order valence-corrected chi connectivity index (χ4v) is 4.75. The molecule has 1 fully saturated rings. The van der Waals surface area contributed by atoms with E-state index in [-0.39, 0.29) is 11.6 Å². The third kappa shape index (κ3) is 4.72. The van der Waals surface area contributed by atoms with Gasteiger partial charge in [-0.25, -0.2) is 4.98 Å². The van der Waals surface area contributed by atoms with E-state index in [0.717, 1.165) is 13.1 Å². The van der Waals surface area contributed by atoms with E-state index >= 15 is 0 Å². The van der Waals surface area contributed by atoms with Crippen molar-refractivity contribution in [2.75, 3.05) is 38.2 Å². The second-order valence-electron chi connectivity index (χ2n) is 8.70. The Hall–Kier alpha value is -4.41. The Balaban J connectivity index is 1.41. The molecule has 36 heavy (non-hydrogen) atoms. The summed E-state index contributed by atoms with van der Waals surface area (Å²) in [5.74, 6) is 1.19. The first kappa shape index (κ1) is 23.3. The van der Waals surface area contributed by atoms with Gasteiger partial charge in [0.05, 0.1) is 18.8 Å². The van der Waals surface area contributed by atoms with Gasteiger partial charge in [-0.05, 0) is 35.4 Å². The van der Waals surface area contributed by atoms with Crippen molar-refractivity contribution in [1.82, 2.24) is 14.9 Å². The van der Waals surface area contributed by atoms with Crippen LogP contribution in [0.15, 0.2) is 89.7 Å². The zero-order chi connectivity index (χ0) is 24.9. The number of nitrogens with one attached hydrogen (secondary N) is 1. The number of H-pyrrole nitrogens is 1. The number of methoxy groups -OCH3 is 1. The van der Waals surface area contributed by atoms with Crippen LogP contribution >= 0.6 is 0 Å².